The van der Waals surface area contributed by atoms with Crippen LogP contribution in [0.4, 0.5) is 0 Å². The van der Waals surface area contributed by atoms with Crippen LogP contribution < -0.4 is 0 Å². The molecular formula is C15H26. The maximum Gasteiger partial charge on any atom is -0.0164 e. The Hall–Kier alpha value is -0.780. The normalized spacial score (nSPS) is 12.9. The summed E-state index contributed by atoms with van der Waals surface area (Å²) in [7, 11) is 0. The van der Waals surface area contributed by atoms with Crippen LogP contribution in [-0.4, -0.2) is 0 Å². The van der Waals surface area contributed by atoms with Gasteiger partial charge >= 0.3 is 0 Å². The fraction of sp³-hybridized carbons (Fsp3) is 0.600. The lowest BCUT2D eigenvalue weighted by Gasteiger charge is -1.98. The Morgan fingerprint density at radius 2 is 1.47 bits per heavy atom. The van der Waals surface area contributed by atoms with Crippen LogP contribution >= 0.6 is 0 Å². The van der Waals surface area contributed by atoms with Gasteiger partial charge < -0.3 is 0 Å². The van der Waals surface area contributed by atoms with E-state index < -0.39 is 0 Å². The summed E-state index contributed by atoms with van der Waals surface area (Å²) >= 11 is 0. The molecule has 0 aliphatic heterocycles. The maximum atomic E-state index is 2.35. The summed E-state index contributed by atoms with van der Waals surface area (Å²) in [6.07, 6.45) is 11.6. The average Bonchev–Trinajstić information content (AvgIpc) is 2.17. The zero-order chi connectivity index (χ0) is 11.7. The van der Waals surface area contributed by atoms with E-state index in [4.69, 9.17) is 0 Å². The molecule has 0 aromatic carbocycles. The van der Waals surface area contributed by atoms with E-state index >= 15 is 0 Å². The van der Waals surface area contributed by atoms with E-state index in [-0.39, 0.29) is 0 Å². The molecule has 0 radical (unpaired) electrons. The molecule has 0 saturated heterocycles. The van der Waals surface area contributed by atoms with Crippen molar-refractivity contribution in [1.29, 1.82) is 0 Å². The first kappa shape index (κ1) is 14.2. The van der Waals surface area contributed by atoms with Gasteiger partial charge in [-0.15, -0.1) is 0 Å². The second-order valence-electron chi connectivity index (χ2n) is 4.51. The third-order valence-electron chi connectivity index (χ3n) is 2.58. The molecule has 0 aliphatic carbocycles. The van der Waals surface area contributed by atoms with Gasteiger partial charge in [-0.1, -0.05) is 41.9 Å². The molecule has 0 spiro atoms. The molecule has 0 unspecified atom stereocenters. The van der Waals surface area contributed by atoms with Gasteiger partial charge in [-0.05, 0) is 53.4 Å². The van der Waals surface area contributed by atoms with Crippen LogP contribution in [0.1, 0.15) is 60.3 Å². The lowest BCUT2D eigenvalue weighted by Crippen LogP contribution is -1.78. The van der Waals surface area contributed by atoms with E-state index in [0.29, 0.717) is 0 Å². The lowest BCUT2D eigenvalue weighted by atomic mass is 10.1. The van der Waals surface area contributed by atoms with E-state index in [1.54, 1.807) is 0 Å². The molecule has 0 rings (SSSR count). The maximum absolute atomic E-state index is 2.35. The number of rotatable bonds is 6. The molecule has 15 heavy (non-hydrogen) atoms. The number of hydrogen-bond acceptors (Lipinski definition) is 0. The van der Waals surface area contributed by atoms with E-state index in [9.17, 15) is 0 Å². The van der Waals surface area contributed by atoms with Crippen LogP contribution in [0.2, 0.25) is 0 Å². The van der Waals surface area contributed by atoms with Crippen LogP contribution in [0.3, 0.4) is 0 Å². The Balaban J connectivity index is 3.85. The van der Waals surface area contributed by atoms with E-state index in [2.05, 4.69) is 52.8 Å². The largest absolute Gasteiger partial charge is 0.0856 e. The third-order valence-corrected chi connectivity index (χ3v) is 2.58. The van der Waals surface area contributed by atoms with Crippen molar-refractivity contribution in [2.45, 2.75) is 60.3 Å². The van der Waals surface area contributed by atoms with Gasteiger partial charge in [0.2, 0.25) is 0 Å². The summed E-state index contributed by atoms with van der Waals surface area (Å²) in [4.78, 5) is 0. The van der Waals surface area contributed by atoms with Gasteiger partial charge in [0.15, 0.2) is 0 Å². The fourth-order valence-corrected chi connectivity index (χ4v) is 1.30. The molecule has 0 heteroatoms. The van der Waals surface area contributed by atoms with E-state index in [0.717, 1.165) is 6.42 Å². The number of allylic oxidation sites excluding steroid dienone is 6. The first-order chi connectivity index (χ1) is 7.06. The van der Waals surface area contributed by atoms with Crippen LogP contribution in [0.5, 0.6) is 0 Å². The molecule has 0 atom stereocenters. The molecule has 0 saturated carbocycles. The topological polar surface area (TPSA) is 0 Å². The van der Waals surface area contributed by atoms with Gasteiger partial charge in [-0.25, -0.2) is 0 Å². The third kappa shape index (κ3) is 9.52. The zero-order valence-electron chi connectivity index (χ0n) is 11.1. The SMILES string of the molecule is CCC(C)=CC/C=C(\C)CCC=C(C)C. The highest BCUT2D eigenvalue weighted by Gasteiger charge is 1.88. The van der Waals surface area contributed by atoms with E-state index in [1.807, 2.05) is 0 Å². The Kier molecular flexibility index (Phi) is 8.08. The minimum atomic E-state index is 1.10. The van der Waals surface area contributed by atoms with Gasteiger partial charge in [-0.3, -0.25) is 0 Å². The minimum absolute atomic E-state index is 1.10. The van der Waals surface area contributed by atoms with Crippen molar-refractivity contribution < 1.29 is 0 Å². The van der Waals surface area contributed by atoms with Crippen LogP contribution in [0.15, 0.2) is 34.9 Å². The Labute approximate surface area is 95.8 Å². The predicted octanol–water partition coefficient (Wildman–Crippen LogP) is 5.43. The summed E-state index contributed by atoms with van der Waals surface area (Å²) in [5.41, 5.74) is 4.42. The molecule has 0 aromatic heterocycles. The Bertz CT molecular complexity index is 247. The lowest BCUT2D eigenvalue weighted by molar-refractivity contribution is 0.956. The van der Waals surface area contributed by atoms with Gasteiger partial charge in [0.1, 0.15) is 0 Å². The first-order valence-electron chi connectivity index (χ1n) is 6.00. The van der Waals surface area contributed by atoms with Crippen LogP contribution in [0.25, 0.3) is 0 Å². The summed E-state index contributed by atoms with van der Waals surface area (Å²) in [5.74, 6) is 0. The average molecular weight is 206 g/mol. The molecule has 0 aliphatic rings. The molecule has 0 bridgehead atoms. The summed E-state index contributed by atoms with van der Waals surface area (Å²) in [5, 5.41) is 0. The Morgan fingerprint density at radius 1 is 0.867 bits per heavy atom. The van der Waals surface area contributed by atoms with Crippen LogP contribution in [0, 0.1) is 0 Å². The van der Waals surface area contributed by atoms with Crippen molar-refractivity contribution in [3.05, 3.63) is 34.9 Å². The molecule has 0 nitrogen and oxygen atoms in total. The van der Waals surface area contributed by atoms with Crippen molar-refractivity contribution in [3.8, 4) is 0 Å². The van der Waals surface area contributed by atoms with Crippen molar-refractivity contribution in [2.24, 2.45) is 0 Å². The molecule has 0 fully saturated rings. The molecule has 0 N–H and O–H groups in total. The number of hydrogen-bond donors (Lipinski definition) is 0. The second-order valence-corrected chi connectivity index (χ2v) is 4.51. The van der Waals surface area contributed by atoms with Gasteiger partial charge in [0.05, 0.1) is 0 Å². The van der Waals surface area contributed by atoms with Crippen molar-refractivity contribution in [3.63, 3.8) is 0 Å². The summed E-state index contributed by atoms with van der Waals surface area (Å²) in [6, 6.07) is 0. The second kappa shape index (κ2) is 8.52. The molecule has 0 heterocycles. The van der Waals surface area contributed by atoms with Crippen LogP contribution in [-0.2, 0) is 0 Å². The predicted molar refractivity (Wildman–Crippen MR) is 71.1 cm³/mol. The van der Waals surface area contributed by atoms with Gasteiger partial charge in [-0.2, -0.15) is 0 Å². The fourth-order valence-electron chi connectivity index (χ4n) is 1.30. The highest BCUT2D eigenvalue weighted by Crippen LogP contribution is 2.09. The molecule has 86 valence electrons. The zero-order valence-corrected chi connectivity index (χ0v) is 11.1. The van der Waals surface area contributed by atoms with Crippen molar-refractivity contribution >= 4 is 0 Å². The standard InChI is InChI=1S/C15H26/c1-6-14(4)10-8-12-15(5)11-7-9-13(2)3/h9-10,12H,6-8,11H2,1-5H3/b14-10?,15-12+. The molecular weight excluding hydrogens is 180 g/mol. The summed E-state index contributed by atoms with van der Waals surface area (Å²) < 4.78 is 0. The minimum Gasteiger partial charge on any atom is -0.0856 e. The van der Waals surface area contributed by atoms with Crippen molar-refractivity contribution in [2.75, 3.05) is 0 Å². The quantitative estimate of drug-likeness (QED) is 0.509. The monoisotopic (exact) mass is 206 g/mol. The highest BCUT2D eigenvalue weighted by atomic mass is 13.9. The first-order valence-corrected chi connectivity index (χ1v) is 6.00. The van der Waals surface area contributed by atoms with Gasteiger partial charge in [0, 0.05) is 0 Å². The van der Waals surface area contributed by atoms with Crippen molar-refractivity contribution in [1.82, 2.24) is 0 Å². The summed E-state index contributed by atoms with van der Waals surface area (Å²) in [6.45, 7) is 11.0. The molecule has 0 aromatic rings. The van der Waals surface area contributed by atoms with Gasteiger partial charge in [0.25, 0.3) is 0 Å². The van der Waals surface area contributed by atoms with E-state index in [1.165, 1.54) is 36.0 Å². The molecule has 0 amide bonds. The Morgan fingerprint density at radius 3 is 2.00 bits per heavy atom. The highest BCUT2D eigenvalue weighted by molar-refractivity contribution is 5.07. The smallest absolute Gasteiger partial charge is 0.0164 e.